The molecule has 1 aromatic carbocycles. The van der Waals surface area contributed by atoms with Gasteiger partial charge >= 0.3 is 0 Å². The Morgan fingerprint density at radius 2 is 2.18 bits per heavy atom. The molecule has 22 heavy (non-hydrogen) atoms. The molecule has 2 aromatic rings. The van der Waals surface area contributed by atoms with Crippen molar-refractivity contribution < 1.29 is 4.74 Å². The predicted octanol–water partition coefficient (Wildman–Crippen LogP) is 3.27. The van der Waals surface area contributed by atoms with Crippen molar-refractivity contribution >= 4 is 21.6 Å². The quantitative estimate of drug-likeness (QED) is 0.887. The summed E-state index contributed by atoms with van der Waals surface area (Å²) in [5.41, 5.74) is 1.09. The van der Waals surface area contributed by atoms with E-state index in [1.165, 1.54) is 29.0 Å². The van der Waals surface area contributed by atoms with Gasteiger partial charge in [-0.15, -0.1) is 11.3 Å². The molecule has 1 N–H and O–H groups in total. The molecule has 1 saturated heterocycles. The van der Waals surface area contributed by atoms with Crippen molar-refractivity contribution in [2.45, 2.75) is 38.8 Å². The zero-order valence-electron chi connectivity index (χ0n) is 13.5. The number of benzene rings is 1. The van der Waals surface area contributed by atoms with Crippen LogP contribution in [0.15, 0.2) is 18.2 Å². The fourth-order valence-corrected chi connectivity index (χ4v) is 4.19. The fraction of sp³-hybridized carbons (Fsp3) is 0.588. The summed E-state index contributed by atoms with van der Waals surface area (Å²) in [6.45, 7) is 6.67. The van der Waals surface area contributed by atoms with Crippen molar-refractivity contribution in [3.8, 4) is 5.75 Å². The van der Waals surface area contributed by atoms with Crippen LogP contribution in [0.5, 0.6) is 5.75 Å². The van der Waals surface area contributed by atoms with Gasteiger partial charge in [-0.1, -0.05) is 6.92 Å². The highest BCUT2D eigenvalue weighted by Crippen LogP contribution is 2.28. The number of fused-ring (bicyclic) bond motifs is 1. The maximum atomic E-state index is 5.31. The maximum absolute atomic E-state index is 5.31. The van der Waals surface area contributed by atoms with Gasteiger partial charge in [0.1, 0.15) is 10.8 Å². The van der Waals surface area contributed by atoms with Crippen LogP contribution in [0, 0.1) is 0 Å². The SMILES string of the molecule is CCCN(Cc1nc2ccc(OC)cc2s1)C1CCNCC1. The number of piperidine rings is 1. The van der Waals surface area contributed by atoms with Gasteiger partial charge in [0.2, 0.25) is 0 Å². The van der Waals surface area contributed by atoms with E-state index in [1.807, 2.05) is 6.07 Å². The van der Waals surface area contributed by atoms with E-state index in [1.54, 1.807) is 18.4 Å². The second-order valence-corrected chi connectivity index (χ2v) is 7.01. The van der Waals surface area contributed by atoms with E-state index >= 15 is 0 Å². The van der Waals surface area contributed by atoms with Crippen LogP contribution in [0.25, 0.3) is 10.2 Å². The monoisotopic (exact) mass is 319 g/mol. The summed E-state index contributed by atoms with van der Waals surface area (Å²) in [7, 11) is 1.71. The second-order valence-electron chi connectivity index (χ2n) is 5.89. The highest BCUT2D eigenvalue weighted by Gasteiger charge is 2.21. The Morgan fingerprint density at radius 3 is 2.91 bits per heavy atom. The van der Waals surface area contributed by atoms with E-state index < -0.39 is 0 Å². The first-order valence-electron chi connectivity index (χ1n) is 8.18. The van der Waals surface area contributed by atoms with E-state index in [0.717, 1.165) is 37.4 Å². The van der Waals surface area contributed by atoms with Crippen LogP contribution < -0.4 is 10.1 Å². The molecule has 120 valence electrons. The number of nitrogens with one attached hydrogen (secondary N) is 1. The molecule has 0 atom stereocenters. The molecule has 0 bridgehead atoms. The molecule has 1 aromatic heterocycles. The molecular weight excluding hydrogens is 294 g/mol. The average molecular weight is 319 g/mol. The van der Waals surface area contributed by atoms with Crippen LogP contribution in [0.1, 0.15) is 31.2 Å². The molecule has 2 heterocycles. The van der Waals surface area contributed by atoms with Gasteiger partial charge in [-0.25, -0.2) is 4.98 Å². The van der Waals surface area contributed by atoms with Crippen molar-refractivity contribution in [2.24, 2.45) is 0 Å². The first-order valence-corrected chi connectivity index (χ1v) is 9.00. The Morgan fingerprint density at radius 1 is 1.36 bits per heavy atom. The van der Waals surface area contributed by atoms with Crippen LogP contribution >= 0.6 is 11.3 Å². The zero-order chi connectivity index (χ0) is 15.4. The molecule has 1 fully saturated rings. The van der Waals surface area contributed by atoms with Gasteiger partial charge in [0.15, 0.2) is 0 Å². The third-order valence-corrected chi connectivity index (χ3v) is 5.32. The number of hydrogen-bond acceptors (Lipinski definition) is 5. The van der Waals surface area contributed by atoms with Gasteiger partial charge in [-0.3, -0.25) is 4.90 Å². The Balaban J connectivity index is 1.76. The van der Waals surface area contributed by atoms with Gasteiger partial charge in [0.25, 0.3) is 0 Å². The molecule has 1 aliphatic heterocycles. The molecule has 0 unspecified atom stereocenters. The minimum absolute atomic E-state index is 0.697. The summed E-state index contributed by atoms with van der Waals surface area (Å²) in [4.78, 5) is 7.43. The molecule has 5 heteroatoms. The molecule has 0 saturated carbocycles. The first-order chi connectivity index (χ1) is 10.8. The van der Waals surface area contributed by atoms with Crippen molar-refractivity contribution in [1.82, 2.24) is 15.2 Å². The van der Waals surface area contributed by atoms with Crippen LogP contribution in [-0.4, -0.2) is 42.7 Å². The maximum Gasteiger partial charge on any atom is 0.120 e. The molecule has 4 nitrogen and oxygen atoms in total. The van der Waals surface area contributed by atoms with Gasteiger partial charge in [-0.2, -0.15) is 0 Å². The van der Waals surface area contributed by atoms with Gasteiger partial charge in [0.05, 0.1) is 23.9 Å². The van der Waals surface area contributed by atoms with Crippen LogP contribution in [0.3, 0.4) is 0 Å². The molecule has 1 aliphatic rings. The number of nitrogens with zero attached hydrogens (tertiary/aromatic N) is 2. The standard InChI is InChI=1S/C17H25N3OS/c1-3-10-20(13-6-8-18-9-7-13)12-17-19-15-5-4-14(21-2)11-16(15)22-17/h4-5,11,13,18H,3,6-10,12H2,1-2H3. The number of rotatable bonds is 6. The van der Waals surface area contributed by atoms with Crippen LogP contribution in [0.2, 0.25) is 0 Å². The van der Waals surface area contributed by atoms with Crippen molar-refractivity contribution in [1.29, 1.82) is 0 Å². The second kappa shape index (κ2) is 7.40. The summed E-state index contributed by atoms with van der Waals surface area (Å²) in [6, 6.07) is 6.83. The number of aromatic nitrogens is 1. The number of hydrogen-bond donors (Lipinski definition) is 1. The predicted molar refractivity (Wildman–Crippen MR) is 92.8 cm³/mol. The van der Waals surface area contributed by atoms with Crippen molar-refractivity contribution in [2.75, 3.05) is 26.7 Å². The van der Waals surface area contributed by atoms with Crippen LogP contribution in [0.4, 0.5) is 0 Å². The minimum atomic E-state index is 0.697. The third-order valence-electron chi connectivity index (χ3n) is 4.31. The van der Waals surface area contributed by atoms with Crippen molar-refractivity contribution in [3.05, 3.63) is 23.2 Å². The third kappa shape index (κ3) is 3.59. The lowest BCUT2D eigenvalue weighted by molar-refractivity contribution is 0.154. The fourth-order valence-electron chi connectivity index (χ4n) is 3.17. The number of ether oxygens (including phenoxy) is 1. The summed E-state index contributed by atoms with van der Waals surface area (Å²) in [5, 5.41) is 4.67. The first kappa shape index (κ1) is 15.7. The van der Waals surface area contributed by atoms with E-state index in [-0.39, 0.29) is 0 Å². The Hall–Kier alpha value is -1.17. The lowest BCUT2D eigenvalue weighted by atomic mass is 10.0. The molecule has 0 radical (unpaired) electrons. The van der Waals surface area contributed by atoms with E-state index in [9.17, 15) is 0 Å². The molecule has 0 amide bonds. The summed E-state index contributed by atoms with van der Waals surface area (Å²) in [5.74, 6) is 0.909. The summed E-state index contributed by atoms with van der Waals surface area (Å²) < 4.78 is 6.53. The van der Waals surface area contributed by atoms with Gasteiger partial charge in [0, 0.05) is 6.04 Å². The van der Waals surface area contributed by atoms with E-state index in [2.05, 4.69) is 29.3 Å². The minimum Gasteiger partial charge on any atom is -0.497 e. The van der Waals surface area contributed by atoms with Crippen LogP contribution in [-0.2, 0) is 6.54 Å². The molecule has 0 aliphatic carbocycles. The Bertz CT molecular complexity index is 607. The molecular formula is C17H25N3OS. The Labute approximate surface area is 136 Å². The lowest BCUT2D eigenvalue weighted by Crippen LogP contribution is -2.43. The highest BCUT2D eigenvalue weighted by atomic mass is 32.1. The Kier molecular flexibility index (Phi) is 5.28. The van der Waals surface area contributed by atoms with E-state index in [4.69, 9.17) is 9.72 Å². The van der Waals surface area contributed by atoms with Gasteiger partial charge in [-0.05, 0) is 57.1 Å². The normalized spacial score (nSPS) is 16.5. The largest absolute Gasteiger partial charge is 0.497 e. The molecule has 3 rings (SSSR count). The topological polar surface area (TPSA) is 37.4 Å². The van der Waals surface area contributed by atoms with E-state index in [0.29, 0.717) is 6.04 Å². The van der Waals surface area contributed by atoms with Gasteiger partial charge < -0.3 is 10.1 Å². The van der Waals surface area contributed by atoms with Crippen molar-refractivity contribution in [3.63, 3.8) is 0 Å². The summed E-state index contributed by atoms with van der Waals surface area (Å²) >= 11 is 1.80. The summed E-state index contributed by atoms with van der Waals surface area (Å²) in [6.07, 6.45) is 3.69. The molecule has 0 spiro atoms. The number of thiazole rings is 1. The lowest BCUT2D eigenvalue weighted by Gasteiger charge is -2.33. The smallest absolute Gasteiger partial charge is 0.120 e. The zero-order valence-corrected chi connectivity index (χ0v) is 14.3. The number of methoxy groups -OCH3 is 1. The highest BCUT2D eigenvalue weighted by molar-refractivity contribution is 7.18. The average Bonchev–Trinajstić information content (AvgIpc) is 2.96.